The normalized spacial score (nSPS) is 13.5. The summed E-state index contributed by atoms with van der Waals surface area (Å²) < 4.78 is 0. The van der Waals surface area contributed by atoms with Crippen LogP contribution in [0.1, 0.15) is 22.3 Å². The van der Waals surface area contributed by atoms with Gasteiger partial charge in [-0.2, -0.15) is 0 Å². The summed E-state index contributed by atoms with van der Waals surface area (Å²) in [6.45, 7) is 1.03. The zero-order valence-corrected chi connectivity index (χ0v) is 10.5. The molecule has 1 heterocycles. The lowest BCUT2D eigenvalue weighted by Gasteiger charge is -2.18. The molecule has 3 nitrogen and oxygen atoms in total. The summed E-state index contributed by atoms with van der Waals surface area (Å²) in [4.78, 5) is 11.0. The van der Waals surface area contributed by atoms with Crippen LogP contribution in [-0.2, 0) is 6.42 Å². The minimum atomic E-state index is -0.888. The summed E-state index contributed by atoms with van der Waals surface area (Å²) in [6.07, 6.45) is 2.22. The molecule has 0 atom stereocenters. The number of hydrogen-bond donors (Lipinski definition) is 2. The van der Waals surface area contributed by atoms with Gasteiger partial charge in [0, 0.05) is 12.2 Å². The molecular formula is C16H15NO2. The van der Waals surface area contributed by atoms with Gasteiger partial charge in [0.25, 0.3) is 0 Å². The van der Waals surface area contributed by atoms with E-state index < -0.39 is 5.97 Å². The average Bonchev–Trinajstić information content (AvgIpc) is 2.47. The van der Waals surface area contributed by atoms with Crippen LogP contribution in [0.4, 0.5) is 5.69 Å². The molecule has 1 aliphatic rings. The van der Waals surface area contributed by atoms with E-state index >= 15 is 0 Å². The van der Waals surface area contributed by atoms with Crippen molar-refractivity contribution in [1.29, 1.82) is 0 Å². The molecule has 0 radical (unpaired) electrons. The Balaban J connectivity index is 2.02. The standard InChI is InChI=1S/C16H15NO2/c18-16(19)14-4-1-3-11(10-14)12-6-7-15-13(9-12)5-2-8-17-15/h1,3-4,6-7,9-10,17H,2,5,8H2,(H,18,19). The van der Waals surface area contributed by atoms with E-state index in [2.05, 4.69) is 17.4 Å². The highest BCUT2D eigenvalue weighted by Crippen LogP contribution is 2.28. The number of carboxylic acid groups (broad SMARTS) is 1. The van der Waals surface area contributed by atoms with Gasteiger partial charge >= 0.3 is 5.97 Å². The molecule has 2 N–H and O–H groups in total. The predicted octanol–water partition coefficient (Wildman–Crippen LogP) is 3.41. The van der Waals surface area contributed by atoms with E-state index in [4.69, 9.17) is 5.11 Å². The third kappa shape index (κ3) is 2.32. The van der Waals surface area contributed by atoms with Crippen LogP contribution < -0.4 is 5.32 Å². The Morgan fingerprint density at radius 2 is 1.95 bits per heavy atom. The van der Waals surface area contributed by atoms with Crippen LogP contribution in [0.5, 0.6) is 0 Å². The number of nitrogens with one attached hydrogen (secondary N) is 1. The Morgan fingerprint density at radius 1 is 1.11 bits per heavy atom. The molecule has 0 saturated carbocycles. The van der Waals surface area contributed by atoms with Crippen molar-refractivity contribution in [3.63, 3.8) is 0 Å². The lowest BCUT2D eigenvalue weighted by molar-refractivity contribution is 0.0697. The molecule has 2 aromatic carbocycles. The van der Waals surface area contributed by atoms with Crippen molar-refractivity contribution in [3.8, 4) is 11.1 Å². The fourth-order valence-electron chi connectivity index (χ4n) is 2.49. The monoisotopic (exact) mass is 253 g/mol. The van der Waals surface area contributed by atoms with Crippen LogP contribution in [0, 0.1) is 0 Å². The van der Waals surface area contributed by atoms with Crippen molar-refractivity contribution < 1.29 is 9.90 Å². The zero-order chi connectivity index (χ0) is 13.2. The molecule has 0 fully saturated rings. The molecule has 0 spiro atoms. The number of carboxylic acids is 1. The van der Waals surface area contributed by atoms with Gasteiger partial charge in [0.05, 0.1) is 5.56 Å². The minimum absolute atomic E-state index is 0.327. The molecule has 3 rings (SSSR count). The molecule has 0 aromatic heterocycles. The van der Waals surface area contributed by atoms with E-state index in [0.717, 1.165) is 30.5 Å². The van der Waals surface area contributed by atoms with Crippen molar-refractivity contribution in [3.05, 3.63) is 53.6 Å². The van der Waals surface area contributed by atoms with Gasteiger partial charge in [0.15, 0.2) is 0 Å². The van der Waals surface area contributed by atoms with Crippen molar-refractivity contribution >= 4 is 11.7 Å². The number of anilines is 1. The van der Waals surface area contributed by atoms with Gasteiger partial charge in [-0.05, 0) is 53.8 Å². The summed E-state index contributed by atoms with van der Waals surface area (Å²) in [5, 5.41) is 12.4. The Hall–Kier alpha value is -2.29. The van der Waals surface area contributed by atoms with E-state index in [1.807, 2.05) is 12.1 Å². The quantitative estimate of drug-likeness (QED) is 0.862. The first kappa shape index (κ1) is 11.8. The van der Waals surface area contributed by atoms with Crippen LogP contribution in [-0.4, -0.2) is 17.6 Å². The number of aromatic carboxylic acids is 1. The maximum absolute atomic E-state index is 11.0. The van der Waals surface area contributed by atoms with Crippen LogP contribution in [0.25, 0.3) is 11.1 Å². The van der Waals surface area contributed by atoms with Crippen molar-refractivity contribution in [2.24, 2.45) is 0 Å². The largest absolute Gasteiger partial charge is 0.478 e. The van der Waals surface area contributed by atoms with Gasteiger partial charge in [0.2, 0.25) is 0 Å². The van der Waals surface area contributed by atoms with Gasteiger partial charge < -0.3 is 10.4 Å². The van der Waals surface area contributed by atoms with Gasteiger partial charge in [-0.25, -0.2) is 4.79 Å². The lowest BCUT2D eigenvalue weighted by Crippen LogP contribution is -2.11. The minimum Gasteiger partial charge on any atom is -0.478 e. The third-order valence-electron chi connectivity index (χ3n) is 3.49. The summed E-state index contributed by atoms with van der Waals surface area (Å²) in [5.74, 6) is -0.888. The average molecular weight is 253 g/mol. The van der Waals surface area contributed by atoms with Crippen LogP contribution >= 0.6 is 0 Å². The summed E-state index contributed by atoms with van der Waals surface area (Å²) in [5.41, 5.74) is 4.86. The second-order valence-corrected chi connectivity index (χ2v) is 4.79. The van der Waals surface area contributed by atoms with E-state index in [1.54, 1.807) is 18.2 Å². The second-order valence-electron chi connectivity index (χ2n) is 4.79. The maximum atomic E-state index is 11.0. The Labute approximate surface area is 111 Å². The first-order valence-corrected chi connectivity index (χ1v) is 6.44. The first-order chi connectivity index (χ1) is 9.24. The van der Waals surface area contributed by atoms with Crippen molar-refractivity contribution in [1.82, 2.24) is 0 Å². The number of carbonyl (C=O) groups is 1. The fraction of sp³-hybridized carbons (Fsp3) is 0.188. The van der Waals surface area contributed by atoms with E-state index in [0.29, 0.717) is 5.56 Å². The molecule has 96 valence electrons. The number of benzene rings is 2. The second kappa shape index (κ2) is 4.76. The lowest BCUT2D eigenvalue weighted by atomic mass is 9.96. The van der Waals surface area contributed by atoms with Crippen LogP contribution in [0.15, 0.2) is 42.5 Å². The Kier molecular flexibility index (Phi) is 2.95. The highest BCUT2D eigenvalue weighted by molar-refractivity contribution is 5.89. The molecule has 0 unspecified atom stereocenters. The van der Waals surface area contributed by atoms with Gasteiger partial charge in [-0.1, -0.05) is 18.2 Å². The number of aryl methyl sites for hydroxylation is 1. The summed E-state index contributed by atoms with van der Waals surface area (Å²) in [6, 6.07) is 13.4. The molecule has 2 aromatic rings. The van der Waals surface area contributed by atoms with E-state index in [1.165, 1.54) is 11.3 Å². The van der Waals surface area contributed by atoms with Gasteiger partial charge in [-0.3, -0.25) is 0 Å². The van der Waals surface area contributed by atoms with E-state index in [9.17, 15) is 4.79 Å². The molecule has 0 amide bonds. The topological polar surface area (TPSA) is 49.3 Å². The Bertz CT molecular complexity index is 634. The fourth-order valence-corrected chi connectivity index (χ4v) is 2.49. The zero-order valence-electron chi connectivity index (χ0n) is 10.5. The molecule has 0 bridgehead atoms. The number of rotatable bonds is 2. The molecule has 3 heteroatoms. The number of hydrogen-bond acceptors (Lipinski definition) is 2. The van der Waals surface area contributed by atoms with Crippen molar-refractivity contribution in [2.45, 2.75) is 12.8 Å². The predicted molar refractivity (Wildman–Crippen MR) is 75.6 cm³/mol. The van der Waals surface area contributed by atoms with Gasteiger partial charge in [0.1, 0.15) is 0 Å². The maximum Gasteiger partial charge on any atom is 0.335 e. The third-order valence-corrected chi connectivity index (χ3v) is 3.49. The highest BCUT2D eigenvalue weighted by Gasteiger charge is 2.10. The molecule has 19 heavy (non-hydrogen) atoms. The summed E-state index contributed by atoms with van der Waals surface area (Å²) >= 11 is 0. The smallest absolute Gasteiger partial charge is 0.335 e. The first-order valence-electron chi connectivity index (χ1n) is 6.44. The molecular weight excluding hydrogens is 238 g/mol. The summed E-state index contributed by atoms with van der Waals surface area (Å²) in [7, 11) is 0. The highest BCUT2D eigenvalue weighted by atomic mass is 16.4. The SMILES string of the molecule is O=C(O)c1cccc(-c2ccc3c(c2)CCCN3)c1. The number of fused-ring (bicyclic) bond motifs is 1. The molecule has 0 aliphatic carbocycles. The van der Waals surface area contributed by atoms with Crippen LogP contribution in [0.2, 0.25) is 0 Å². The Morgan fingerprint density at radius 3 is 2.79 bits per heavy atom. The van der Waals surface area contributed by atoms with Crippen LogP contribution in [0.3, 0.4) is 0 Å². The van der Waals surface area contributed by atoms with Gasteiger partial charge in [-0.15, -0.1) is 0 Å². The van der Waals surface area contributed by atoms with Crippen molar-refractivity contribution in [2.75, 3.05) is 11.9 Å². The molecule has 0 saturated heterocycles. The van der Waals surface area contributed by atoms with E-state index in [-0.39, 0.29) is 0 Å². The molecule has 1 aliphatic heterocycles.